The molecule has 2 aliphatic rings. The lowest BCUT2D eigenvalue weighted by Crippen LogP contribution is -2.41. The Labute approximate surface area is 165 Å². The molecule has 2 heterocycles. The van der Waals surface area contributed by atoms with Crippen LogP contribution in [0.3, 0.4) is 0 Å². The number of amides is 1. The summed E-state index contributed by atoms with van der Waals surface area (Å²) >= 11 is 0. The topological polar surface area (TPSA) is 84.3 Å². The molecule has 1 aliphatic heterocycles. The predicted octanol–water partition coefficient (Wildman–Crippen LogP) is 2.17. The molecule has 1 aliphatic carbocycles. The molecule has 1 aromatic heterocycles. The fourth-order valence-electron chi connectivity index (χ4n) is 3.78. The zero-order valence-electron chi connectivity index (χ0n) is 16.3. The van der Waals surface area contributed by atoms with Crippen LogP contribution in [0, 0.1) is 6.92 Å². The summed E-state index contributed by atoms with van der Waals surface area (Å²) in [6.45, 7) is 4.69. The normalized spacial score (nSPS) is 20.4. The van der Waals surface area contributed by atoms with Crippen LogP contribution in [-0.4, -0.2) is 40.8 Å². The molecule has 1 amide bonds. The lowest BCUT2D eigenvalue weighted by Gasteiger charge is -2.32. The third-order valence-corrected chi connectivity index (χ3v) is 7.65. The molecule has 0 saturated heterocycles. The first-order valence-electron chi connectivity index (χ1n) is 9.78. The summed E-state index contributed by atoms with van der Waals surface area (Å²) in [5.74, 6) is 0.672. The van der Waals surface area contributed by atoms with Crippen LogP contribution in [0.2, 0.25) is 0 Å². The van der Waals surface area contributed by atoms with E-state index in [0.717, 1.165) is 18.4 Å². The van der Waals surface area contributed by atoms with Crippen molar-refractivity contribution >= 4 is 15.9 Å². The van der Waals surface area contributed by atoms with Crippen molar-refractivity contribution in [3.63, 3.8) is 0 Å². The number of sulfonamides is 1. The van der Waals surface area contributed by atoms with Gasteiger partial charge in [-0.3, -0.25) is 4.79 Å². The van der Waals surface area contributed by atoms with Crippen LogP contribution < -0.4 is 5.32 Å². The van der Waals surface area contributed by atoms with Crippen LogP contribution in [0.1, 0.15) is 49.3 Å². The molecule has 1 aromatic carbocycles. The first-order valence-corrected chi connectivity index (χ1v) is 11.2. The summed E-state index contributed by atoms with van der Waals surface area (Å²) in [5.41, 5.74) is 1.71. The molecule has 7 nitrogen and oxygen atoms in total. The second-order valence-electron chi connectivity index (χ2n) is 7.76. The average molecular weight is 403 g/mol. The Hall–Kier alpha value is -2.19. The molecular weight excluding hydrogens is 376 g/mol. The Morgan fingerprint density at radius 1 is 1.21 bits per heavy atom. The largest absolute Gasteiger partial charge is 0.353 e. The Balaban J connectivity index is 1.51. The van der Waals surface area contributed by atoms with Crippen molar-refractivity contribution in [2.45, 2.75) is 63.1 Å². The van der Waals surface area contributed by atoms with Crippen LogP contribution in [0.15, 0.2) is 35.4 Å². The SMILES string of the molecule is Cc1ccc(S(=O)(=O)N2CCn3cc(CC(=O)NC4CCC4)nc3C2C)cc1. The van der Waals surface area contributed by atoms with E-state index < -0.39 is 10.0 Å². The minimum Gasteiger partial charge on any atom is -0.353 e. The van der Waals surface area contributed by atoms with E-state index in [2.05, 4.69) is 10.3 Å². The summed E-state index contributed by atoms with van der Waals surface area (Å²) in [5, 5.41) is 3.02. The molecule has 1 N–H and O–H groups in total. The number of hydrogen-bond acceptors (Lipinski definition) is 4. The maximum atomic E-state index is 13.1. The van der Waals surface area contributed by atoms with Crippen molar-refractivity contribution in [1.29, 1.82) is 0 Å². The Morgan fingerprint density at radius 3 is 2.57 bits per heavy atom. The molecule has 28 heavy (non-hydrogen) atoms. The van der Waals surface area contributed by atoms with Gasteiger partial charge in [-0.15, -0.1) is 0 Å². The highest BCUT2D eigenvalue weighted by Gasteiger charge is 2.35. The maximum Gasteiger partial charge on any atom is 0.243 e. The zero-order valence-corrected chi connectivity index (χ0v) is 17.1. The summed E-state index contributed by atoms with van der Waals surface area (Å²) in [4.78, 5) is 17.1. The van der Waals surface area contributed by atoms with Gasteiger partial charge in [0.1, 0.15) is 5.82 Å². The van der Waals surface area contributed by atoms with Gasteiger partial charge in [-0.25, -0.2) is 13.4 Å². The van der Waals surface area contributed by atoms with Crippen molar-refractivity contribution in [3.8, 4) is 0 Å². The van der Waals surface area contributed by atoms with Gasteiger partial charge in [0.15, 0.2) is 0 Å². The van der Waals surface area contributed by atoms with E-state index >= 15 is 0 Å². The molecule has 8 heteroatoms. The van der Waals surface area contributed by atoms with E-state index in [1.165, 1.54) is 10.7 Å². The molecule has 1 fully saturated rings. The monoisotopic (exact) mass is 402 g/mol. The highest BCUT2D eigenvalue weighted by molar-refractivity contribution is 7.89. The van der Waals surface area contributed by atoms with Crippen molar-refractivity contribution in [1.82, 2.24) is 19.2 Å². The maximum absolute atomic E-state index is 13.1. The van der Waals surface area contributed by atoms with E-state index in [1.807, 2.05) is 24.6 Å². The Kier molecular flexibility index (Phi) is 5.01. The number of hydrogen-bond donors (Lipinski definition) is 1. The van der Waals surface area contributed by atoms with Gasteiger partial charge in [-0.1, -0.05) is 17.7 Å². The van der Waals surface area contributed by atoms with Gasteiger partial charge in [0.2, 0.25) is 15.9 Å². The molecule has 0 radical (unpaired) electrons. The number of fused-ring (bicyclic) bond motifs is 1. The van der Waals surface area contributed by atoms with Crippen LogP contribution in [0.25, 0.3) is 0 Å². The first kappa shape index (κ1) is 19.1. The number of carbonyl (C=O) groups excluding carboxylic acids is 1. The Bertz CT molecular complexity index is 977. The Morgan fingerprint density at radius 2 is 1.93 bits per heavy atom. The smallest absolute Gasteiger partial charge is 0.243 e. The highest BCUT2D eigenvalue weighted by Crippen LogP contribution is 2.30. The number of aryl methyl sites for hydroxylation is 1. The molecule has 1 unspecified atom stereocenters. The number of imidazole rings is 1. The number of benzene rings is 1. The molecule has 4 rings (SSSR count). The minimum atomic E-state index is -3.60. The first-order chi connectivity index (χ1) is 13.3. The number of rotatable bonds is 5. The van der Waals surface area contributed by atoms with E-state index in [-0.39, 0.29) is 18.4 Å². The standard InChI is InChI=1S/C20H26N4O3S/c1-14-6-8-18(9-7-14)28(26,27)24-11-10-23-13-17(22-20(23)15(24)2)12-19(25)21-16-4-3-5-16/h6-9,13,15-16H,3-5,10-12H2,1-2H3,(H,21,25). The molecule has 0 spiro atoms. The number of carbonyl (C=O) groups is 1. The van der Waals surface area contributed by atoms with Crippen molar-refractivity contribution in [2.75, 3.05) is 6.54 Å². The van der Waals surface area contributed by atoms with Gasteiger partial charge in [-0.05, 0) is 45.2 Å². The molecule has 1 saturated carbocycles. The van der Waals surface area contributed by atoms with E-state index in [4.69, 9.17) is 0 Å². The van der Waals surface area contributed by atoms with E-state index in [1.54, 1.807) is 24.3 Å². The molecule has 150 valence electrons. The van der Waals surface area contributed by atoms with Crippen molar-refractivity contribution in [2.24, 2.45) is 0 Å². The molecule has 1 atom stereocenters. The van der Waals surface area contributed by atoms with Gasteiger partial charge in [0.05, 0.1) is 23.1 Å². The fraction of sp³-hybridized carbons (Fsp3) is 0.500. The number of aromatic nitrogens is 2. The lowest BCUT2D eigenvalue weighted by molar-refractivity contribution is -0.121. The molecular formula is C20H26N4O3S. The van der Waals surface area contributed by atoms with Crippen LogP contribution in [0.5, 0.6) is 0 Å². The second kappa shape index (κ2) is 7.33. The van der Waals surface area contributed by atoms with Gasteiger partial charge >= 0.3 is 0 Å². The molecule has 0 bridgehead atoms. The average Bonchev–Trinajstić information content (AvgIpc) is 3.02. The van der Waals surface area contributed by atoms with Gasteiger partial charge in [0, 0.05) is 25.3 Å². The highest BCUT2D eigenvalue weighted by atomic mass is 32.2. The fourth-order valence-corrected chi connectivity index (χ4v) is 5.37. The van der Waals surface area contributed by atoms with Gasteiger partial charge in [-0.2, -0.15) is 4.31 Å². The predicted molar refractivity (Wildman–Crippen MR) is 105 cm³/mol. The number of nitrogens with zero attached hydrogens (tertiary/aromatic N) is 3. The third kappa shape index (κ3) is 3.58. The minimum absolute atomic E-state index is 0.0167. The summed E-state index contributed by atoms with van der Waals surface area (Å²) < 4.78 is 29.6. The van der Waals surface area contributed by atoms with E-state index in [0.29, 0.717) is 35.5 Å². The summed E-state index contributed by atoms with van der Waals surface area (Å²) in [7, 11) is -3.60. The summed E-state index contributed by atoms with van der Waals surface area (Å²) in [6.07, 6.45) is 5.38. The van der Waals surface area contributed by atoms with Crippen LogP contribution in [-0.2, 0) is 27.8 Å². The quantitative estimate of drug-likeness (QED) is 0.831. The summed E-state index contributed by atoms with van der Waals surface area (Å²) in [6, 6.07) is 6.83. The van der Waals surface area contributed by atoms with Gasteiger partial charge in [0.25, 0.3) is 0 Å². The zero-order chi connectivity index (χ0) is 19.9. The van der Waals surface area contributed by atoms with Gasteiger partial charge < -0.3 is 9.88 Å². The third-order valence-electron chi connectivity index (χ3n) is 5.66. The number of nitrogens with one attached hydrogen (secondary N) is 1. The lowest BCUT2D eigenvalue weighted by atomic mass is 9.93. The van der Waals surface area contributed by atoms with Crippen molar-refractivity contribution < 1.29 is 13.2 Å². The van der Waals surface area contributed by atoms with Crippen molar-refractivity contribution in [3.05, 3.63) is 47.5 Å². The molecule has 2 aromatic rings. The van der Waals surface area contributed by atoms with Crippen LogP contribution >= 0.6 is 0 Å². The second-order valence-corrected chi connectivity index (χ2v) is 9.65. The van der Waals surface area contributed by atoms with E-state index in [9.17, 15) is 13.2 Å². The van der Waals surface area contributed by atoms with Crippen LogP contribution in [0.4, 0.5) is 0 Å².